The number of fused-ring (bicyclic) bond motifs is 3. The first-order valence-electron chi connectivity index (χ1n) is 9.61. The molecule has 0 bridgehead atoms. The summed E-state index contributed by atoms with van der Waals surface area (Å²) in [6.45, 7) is 0. The average Bonchev–Trinajstić information content (AvgIpc) is 3.09. The summed E-state index contributed by atoms with van der Waals surface area (Å²) in [5.41, 5.74) is 2.54. The number of furan rings is 1. The van der Waals surface area contributed by atoms with Crippen LogP contribution in [0.3, 0.4) is 0 Å². The monoisotopic (exact) mass is 359 g/mol. The lowest BCUT2D eigenvalue weighted by molar-refractivity contribution is 0.453. The Labute approximate surface area is 156 Å². The van der Waals surface area contributed by atoms with Crippen LogP contribution < -0.4 is 10.9 Å². The number of benzene rings is 2. The molecule has 4 aromatic rings. The molecule has 0 unspecified atom stereocenters. The minimum atomic E-state index is -0.358. The Bertz CT molecular complexity index is 1150. The van der Waals surface area contributed by atoms with Gasteiger partial charge in [-0.1, -0.05) is 61.7 Å². The Balaban J connectivity index is 1.78. The van der Waals surface area contributed by atoms with Crippen LogP contribution in [0.1, 0.15) is 32.1 Å². The number of hydrogen-bond donors (Lipinski definition) is 1. The summed E-state index contributed by atoms with van der Waals surface area (Å²) in [7, 11) is 0. The maximum absolute atomic E-state index is 12.8. The Morgan fingerprint density at radius 1 is 0.852 bits per heavy atom. The van der Waals surface area contributed by atoms with Gasteiger partial charge in [-0.15, -0.1) is 0 Å². The van der Waals surface area contributed by atoms with Gasteiger partial charge in [0.1, 0.15) is 11.0 Å². The molecule has 0 radical (unpaired) electrons. The van der Waals surface area contributed by atoms with E-state index >= 15 is 0 Å². The Morgan fingerprint density at radius 2 is 1.59 bits per heavy atom. The van der Waals surface area contributed by atoms with Crippen LogP contribution in [0.15, 0.2) is 68.2 Å². The van der Waals surface area contributed by atoms with Crippen molar-refractivity contribution in [2.45, 2.75) is 38.1 Å². The van der Waals surface area contributed by atoms with Crippen molar-refractivity contribution in [1.82, 2.24) is 0 Å². The molecular formula is C23H21NO3. The van der Waals surface area contributed by atoms with Gasteiger partial charge in [0, 0.05) is 6.04 Å². The smallest absolute Gasteiger partial charge is 0.348 e. The van der Waals surface area contributed by atoms with Gasteiger partial charge in [-0.2, -0.15) is 0 Å². The molecule has 4 heteroatoms. The first-order chi connectivity index (χ1) is 13.3. The third-order valence-electron chi connectivity index (χ3n) is 5.45. The lowest BCUT2D eigenvalue weighted by atomic mass is 9.95. The highest BCUT2D eigenvalue weighted by Gasteiger charge is 2.24. The molecule has 136 valence electrons. The van der Waals surface area contributed by atoms with E-state index in [0.29, 0.717) is 28.5 Å². The average molecular weight is 359 g/mol. The van der Waals surface area contributed by atoms with Crippen molar-refractivity contribution >= 4 is 27.8 Å². The second-order valence-electron chi connectivity index (χ2n) is 7.24. The van der Waals surface area contributed by atoms with Gasteiger partial charge in [0.2, 0.25) is 5.88 Å². The number of para-hydroxylation sites is 1. The molecule has 0 spiro atoms. The van der Waals surface area contributed by atoms with E-state index in [-0.39, 0.29) is 5.63 Å². The summed E-state index contributed by atoms with van der Waals surface area (Å²) < 4.78 is 11.9. The van der Waals surface area contributed by atoms with Crippen LogP contribution in [0, 0.1) is 0 Å². The van der Waals surface area contributed by atoms with Gasteiger partial charge in [0.05, 0.1) is 10.9 Å². The van der Waals surface area contributed by atoms with Crippen molar-refractivity contribution in [3.8, 4) is 11.1 Å². The van der Waals surface area contributed by atoms with E-state index in [1.165, 1.54) is 19.3 Å². The van der Waals surface area contributed by atoms with Crippen LogP contribution in [-0.2, 0) is 0 Å². The van der Waals surface area contributed by atoms with E-state index in [4.69, 9.17) is 8.83 Å². The maximum Gasteiger partial charge on any atom is 0.348 e. The van der Waals surface area contributed by atoms with Gasteiger partial charge in [-0.05, 0) is 30.5 Å². The quantitative estimate of drug-likeness (QED) is 0.459. The molecule has 0 aliphatic heterocycles. The second kappa shape index (κ2) is 6.62. The van der Waals surface area contributed by atoms with Gasteiger partial charge in [0.15, 0.2) is 5.58 Å². The lowest BCUT2D eigenvalue weighted by Gasteiger charge is -2.23. The highest BCUT2D eigenvalue weighted by Crippen LogP contribution is 2.40. The van der Waals surface area contributed by atoms with E-state index in [0.717, 1.165) is 29.4 Å². The van der Waals surface area contributed by atoms with E-state index in [2.05, 4.69) is 5.32 Å². The molecule has 1 aliphatic carbocycles. The predicted octanol–water partition coefficient (Wildman–Crippen LogP) is 5.95. The molecule has 4 nitrogen and oxygen atoms in total. The summed E-state index contributed by atoms with van der Waals surface area (Å²) in [4.78, 5) is 12.8. The zero-order chi connectivity index (χ0) is 18.2. The zero-order valence-corrected chi connectivity index (χ0v) is 15.0. The predicted molar refractivity (Wildman–Crippen MR) is 108 cm³/mol. The van der Waals surface area contributed by atoms with Gasteiger partial charge >= 0.3 is 5.63 Å². The summed E-state index contributed by atoms with van der Waals surface area (Å²) >= 11 is 0. The number of anilines is 1. The Morgan fingerprint density at radius 3 is 2.41 bits per heavy atom. The summed E-state index contributed by atoms with van der Waals surface area (Å²) in [6.07, 6.45) is 5.99. The minimum Gasteiger partial charge on any atom is -0.439 e. The first-order valence-corrected chi connectivity index (χ1v) is 9.61. The molecule has 2 heterocycles. The van der Waals surface area contributed by atoms with Crippen molar-refractivity contribution in [1.29, 1.82) is 0 Å². The van der Waals surface area contributed by atoms with Crippen molar-refractivity contribution in [2.75, 3.05) is 5.32 Å². The number of rotatable bonds is 3. The standard InChI is InChI=1S/C23H21NO3/c25-23-20-19(15-9-3-1-4-10-15)22(24-16-11-5-2-6-12-16)27-21(20)17-13-7-8-14-18(17)26-23/h1,3-4,7-10,13-14,16,24H,2,5-6,11-12H2. The van der Waals surface area contributed by atoms with Crippen molar-refractivity contribution < 1.29 is 8.83 Å². The largest absolute Gasteiger partial charge is 0.439 e. The van der Waals surface area contributed by atoms with Gasteiger partial charge in [-0.3, -0.25) is 0 Å². The molecule has 0 saturated heterocycles. The van der Waals surface area contributed by atoms with Gasteiger partial charge in [0.25, 0.3) is 0 Å². The van der Waals surface area contributed by atoms with E-state index in [9.17, 15) is 4.79 Å². The van der Waals surface area contributed by atoms with Gasteiger partial charge < -0.3 is 14.2 Å². The Kier molecular flexibility index (Phi) is 3.97. The van der Waals surface area contributed by atoms with Crippen LogP contribution in [0.5, 0.6) is 0 Å². The summed E-state index contributed by atoms with van der Waals surface area (Å²) in [6, 6.07) is 17.8. The van der Waals surface area contributed by atoms with Crippen LogP contribution in [0.2, 0.25) is 0 Å². The molecular weight excluding hydrogens is 338 g/mol. The SMILES string of the molecule is O=c1oc2ccccc2c2oc(NC3CCCCC3)c(-c3ccccc3)c12. The van der Waals surface area contributed by atoms with Gasteiger partial charge in [-0.25, -0.2) is 4.79 Å². The summed E-state index contributed by atoms with van der Waals surface area (Å²) in [5.74, 6) is 0.673. The van der Waals surface area contributed by atoms with Crippen molar-refractivity contribution in [3.05, 3.63) is 65.0 Å². The van der Waals surface area contributed by atoms with Crippen LogP contribution in [0.25, 0.3) is 33.1 Å². The minimum absolute atomic E-state index is 0.358. The third-order valence-corrected chi connectivity index (χ3v) is 5.45. The van der Waals surface area contributed by atoms with E-state index < -0.39 is 0 Å². The fraction of sp³-hybridized carbons (Fsp3) is 0.261. The van der Waals surface area contributed by atoms with E-state index in [1.807, 2.05) is 48.5 Å². The first kappa shape index (κ1) is 16.2. The molecule has 2 aromatic heterocycles. The summed E-state index contributed by atoms with van der Waals surface area (Å²) in [5, 5.41) is 4.91. The molecule has 1 aliphatic rings. The fourth-order valence-electron chi connectivity index (χ4n) is 4.12. The lowest BCUT2D eigenvalue weighted by Crippen LogP contribution is -2.22. The number of nitrogens with one attached hydrogen (secondary N) is 1. The molecule has 1 saturated carbocycles. The second-order valence-corrected chi connectivity index (χ2v) is 7.24. The molecule has 0 amide bonds. The van der Waals surface area contributed by atoms with Crippen molar-refractivity contribution in [3.63, 3.8) is 0 Å². The normalized spacial score (nSPS) is 15.4. The highest BCUT2D eigenvalue weighted by atomic mass is 16.4. The molecule has 1 N–H and O–H groups in total. The third kappa shape index (κ3) is 2.81. The van der Waals surface area contributed by atoms with Crippen LogP contribution in [-0.4, -0.2) is 6.04 Å². The molecule has 5 rings (SSSR count). The highest BCUT2D eigenvalue weighted by molar-refractivity contribution is 6.09. The zero-order valence-electron chi connectivity index (χ0n) is 15.0. The molecule has 1 fully saturated rings. The maximum atomic E-state index is 12.8. The topological polar surface area (TPSA) is 55.4 Å². The molecule has 2 aromatic carbocycles. The van der Waals surface area contributed by atoms with E-state index in [1.54, 1.807) is 6.07 Å². The molecule has 0 atom stereocenters. The van der Waals surface area contributed by atoms with Crippen LogP contribution in [0.4, 0.5) is 5.88 Å². The van der Waals surface area contributed by atoms with Crippen molar-refractivity contribution in [2.24, 2.45) is 0 Å². The number of hydrogen-bond acceptors (Lipinski definition) is 4. The fourth-order valence-corrected chi connectivity index (χ4v) is 4.12. The Hall–Kier alpha value is -3.01. The van der Waals surface area contributed by atoms with Crippen LogP contribution >= 0.6 is 0 Å². The molecule has 27 heavy (non-hydrogen) atoms.